The number of fused-ring (bicyclic) bond motifs is 2. The maximum Gasteiger partial charge on any atom is 0.231 e. The third kappa shape index (κ3) is 3.75. The first-order valence-electron chi connectivity index (χ1n) is 10.5. The number of rotatable bonds is 6. The highest BCUT2D eigenvalue weighted by molar-refractivity contribution is 5.86. The van der Waals surface area contributed by atoms with Gasteiger partial charge in [-0.1, -0.05) is 60.7 Å². The van der Waals surface area contributed by atoms with E-state index in [2.05, 4.69) is 16.4 Å². The number of hydrogen-bond donors (Lipinski definition) is 2. The topological polar surface area (TPSA) is 63.4 Å². The van der Waals surface area contributed by atoms with E-state index in [1.54, 1.807) is 0 Å². The third-order valence-electron chi connectivity index (χ3n) is 5.87. The van der Waals surface area contributed by atoms with Crippen LogP contribution in [-0.4, -0.2) is 17.7 Å². The minimum atomic E-state index is -0.171. The summed E-state index contributed by atoms with van der Waals surface area (Å²) in [5.41, 5.74) is 4.16. The van der Waals surface area contributed by atoms with Gasteiger partial charge in [-0.05, 0) is 30.2 Å². The van der Waals surface area contributed by atoms with Crippen LogP contribution >= 0.6 is 0 Å². The predicted octanol–water partition coefficient (Wildman–Crippen LogP) is 5.30. The number of carbonyl (C=O) groups excluding carboxylic acids is 1. The monoisotopic (exact) mass is 412 g/mol. The normalized spacial score (nSPS) is 14.4. The highest BCUT2D eigenvalue weighted by Crippen LogP contribution is 2.44. The Morgan fingerprint density at radius 2 is 1.77 bits per heavy atom. The maximum absolute atomic E-state index is 13.1. The van der Waals surface area contributed by atoms with Gasteiger partial charge >= 0.3 is 0 Å². The molecule has 1 aromatic heterocycles. The zero-order valence-electron chi connectivity index (χ0n) is 17.3. The fourth-order valence-corrected chi connectivity index (χ4v) is 4.31. The SMILES string of the molecule is C[C@@H](NC(=O)C[C@H](c1cccc2c1OCO2)c1c[nH]c2ccccc12)c1ccccc1. The molecule has 0 unspecified atom stereocenters. The second-order valence-electron chi connectivity index (χ2n) is 7.83. The molecule has 2 atom stereocenters. The molecule has 0 radical (unpaired) electrons. The molecule has 0 spiro atoms. The lowest BCUT2D eigenvalue weighted by atomic mass is 9.87. The van der Waals surface area contributed by atoms with Crippen LogP contribution in [0.1, 0.15) is 42.0 Å². The molecule has 0 saturated carbocycles. The van der Waals surface area contributed by atoms with Crippen molar-refractivity contribution in [1.29, 1.82) is 0 Å². The second-order valence-corrected chi connectivity index (χ2v) is 7.83. The Morgan fingerprint density at radius 3 is 2.65 bits per heavy atom. The minimum Gasteiger partial charge on any atom is -0.454 e. The number of aromatic nitrogens is 1. The zero-order valence-corrected chi connectivity index (χ0v) is 17.3. The first-order chi connectivity index (χ1) is 15.2. The Labute approximate surface area is 181 Å². The quantitative estimate of drug-likeness (QED) is 0.452. The minimum absolute atomic E-state index is 0.0110. The molecule has 0 saturated heterocycles. The molecule has 0 bridgehead atoms. The van der Waals surface area contributed by atoms with E-state index in [-0.39, 0.29) is 24.7 Å². The van der Waals surface area contributed by atoms with Crippen LogP contribution in [0.3, 0.4) is 0 Å². The smallest absolute Gasteiger partial charge is 0.231 e. The number of H-pyrrole nitrogens is 1. The number of hydrogen-bond acceptors (Lipinski definition) is 3. The molecule has 3 aromatic carbocycles. The van der Waals surface area contributed by atoms with E-state index in [1.807, 2.05) is 79.9 Å². The van der Waals surface area contributed by atoms with Crippen molar-refractivity contribution in [1.82, 2.24) is 10.3 Å². The molecule has 0 aliphatic carbocycles. The molecule has 1 amide bonds. The lowest BCUT2D eigenvalue weighted by molar-refractivity contribution is -0.121. The van der Waals surface area contributed by atoms with E-state index in [0.717, 1.165) is 39.1 Å². The molecule has 5 nitrogen and oxygen atoms in total. The van der Waals surface area contributed by atoms with Crippen LogP contribution in [0.4, 0.5) is 0 Å². The number of ether oxygens (including phenoxy) is 2. The third-order valence-corrected chi connectivity index (χ3v) is 5.87. The van der Waals surface area contributed by atoms with Crippen molar-refractivity contribution >= 4 is 16.8 Å². The molecule has 1 aliphatic rings. The van der Waals surface area contributed by atoms with Crippen LogP contribution in [0.15, 0.2) is 79.0 Å². The summed E-state index contributed by atoms with van der Waals surface area (Å²) in [6, 6.07) is 23.9. The predicted molar refractivity (Wildman–Crippen MR) is 120 cm³/mol. The van der Waals surface area contributed by atoms with Gasteiger partial charge in [-0.25, -0.2) is 0 Å². The molecule has 156 valence electrons. The molecule has 0 fully saturated rings. The summed E-state index contributed by atoms with van der Waals surface area (Å²) in [6.45, 7) is 2.20. The van der Waals surface area contributed by atoms with E-state index >= 15 is 0 Å². The van der Waals surface area contributed by atoms with Gasteiger partial charge in [-0.3, -0.25) is 4.79 Å². The van der Waals surface area contributed by atoms with Crippen LogP contribution in [0.5, 0.6) is 11.5 Å². The molecular weight excluding hydrogens is 388 g/mol. The lowest BCUT2D eigenvalue weighted by Crippen LogP contribution is -2.28. The number of benzene rings is 3. The van der Waals surface area contributed by atoms with Crippen molar-refractivity contribution in [2.24, 2.45) is 0 Å². The molecule has 2 N–H and O–H groups in total. The molecule has 1 aliphatic heterocycles. The number of nitrogens with one attached hydrogen (secondary N) is 2. The number of carbonyl (C=O) groups is 1. The van der Waals surface area contributed by atoms with Gasteiger partial charge in [0, 0.05) is 35.0 Å². The van der Waals surface area contributed by atoms with Crippen molar-refractivity contribution in [3.63, 3.8) is 0 Å². The van der Waals surface area contributed by atoms with E-state index < -0.39 is 0 Å². The van der Waals surface area contributed by atoms with E-state index in [1.165, 1.54) is 0 Å². The Hall–Kier alpha value is -3.73. The zero-order chi connectivity index (χ0) is 21.2. The summed E-state index contributed by atoms with van der Waals surface area (Å²) in [5.74, 6) is 1.26. The maximum atomic E-state index is 13.1. The fraction of sp³-hybridized carbons (Fsp3) is 0.192. The standard InChI is InChI=1S/C26H24N2O3/c1-17(18-8-3-2-4-9-18)28-25(29)14-21(20-11-7-13-24-26(20)31-16-30-24)22-15-27-23-12-6-5-10-19(22)23/h2-13,15,17,21,27H,14,16H2,1H3,(H,28,29)/t17-,21-/m1/s1. The first kappa shape index (κ1) is 19.2. The van der Waals surface area contributed by atoms with E-state index in [0.29, 0.717) is 6.42 Å². The van der Waals surface area contributed by atoms with Gasteiger partial charge in [0.25, 0.3) is 0 Å². The van der Waals surface area contributed by atoms with Gasteiger partial charge in [-0.15, -0.1) is 0 Å². The van der Waals surface area contributed by atoms with Crippen LogP contribution in [0, 0.1) is 0 Å². The molecule has 31 heavy (non-hydrogen) atoms. The van der Waals surface area contributed by atoms with Crippen molar-refractivity contribution in [2.45, 2.75) is 25.3 Å². The van der Waals surface area contributed by atoms with Crippen molar-refractivity contribution in [2.75, 3.05) is 6.79 Å². The Bertz CT molecular complexity index is 1220. The molecule has 5 rings (SSSR count). The summed E-state index contributed by atoms with van der Waals surface area (Å²) in [6.07, 6.45) is 2.30. The molecule has 2 heterocycles. The highest BCUT2D eigenvalue weighted by Gasteiger charge is 2.28. The van der Waals surface area contributed by atoms with E-state index in [9.17, 15) is 4.79 Å². The van der Waals surface area contributed by atoms with Gasteiger partial charge in [-0.2, -0.15) is 0 Å². The second kappa shape index (κ2) is 8.19. The number of aromatic amines is 1. The van der Waals surface area contributed by atoms with Crippen LogP contribution in [0.25, 0.3) is 10.9 Å². The highest BCUT2D eigenvalue weighted by atomic mass is 16.7. The van der Waals surface area contributed by atoms with Gasteiger partial charge in [0.15, 0.2) is 11.5 Å². The Balaban J connectivity index is 1.49. The van der Waals surface area contributed by atoms with E-state index in [4.69, 9.17) is 9.47 Å². The van der Waals surface area contributed by atoms with Crippen LogP contribution in [0.2, 0.25) is 0 Å². The average molecular weight is 412 g/mol. The summed E-state index contributed by atoms with van der Waals surface area (Å²) in [4.78, 5) is 16.5. The van der Waals surface area contributed by atoms with Gasteiger partial charge < -0.3 is 19.8 Å². The fourth-order valence-electron chi connectivity index (χ4n) is 4.31. The van der Waals surface area contributed by atoms with Crippen LogP contribution < -0.4 is 14.8 Å². The number of para-hydroxylation sites is 2. The molecule has 5 heteroatoms. The molecule has 4 aromatic rings. The van der Waals surface area contributed by atoms with Gasteiger partial charge in [0.1, 0.15) is 0 Å². The van der Waals surface area contributed by atoms with Gasteiger partial charge in [0.05, 0.1) is 6.04 Å². The van der Waals surface area contributed by atoms with Crippen molar-refractivity contribution < 1.29 is 14.3 Å². The summed E-state index contributed by atoms with van der Waals surface area (Å²) < 4.78 is 11.4. The summed E-state index contributed by atoms with van der Waals surface area (Å²) in [5, 5.41) is 4.26. The summed E-state index contributed by atoms with van der Waals surface area (Å²) >= 11 is 0. The van der Waals surface area contributed by atoms with Crippen molar-refractivity contribution in [3.8, 4) is 11.5 Å². The first-order valence-corrected chi connectivity index (χ1v) is 10.5. The largest absolute Gasteiger partial charge is 0.454 e. The molecular formula is C26H24N2O3. The van der Waals surface area contributed by atoms with Gasteiger partial charge in [0.2, 0.25) is 12.7 Å². The average Bonchev–Trinajstić information content (AvgIpc) is 3.45. The Kier molecular flexibility index (Phi) is 5.08. The lowest BCUT2D eigenvalue weighted by Gasteiger charge is -2.21. The Morgan fingerprint density at radius 1 is 0.968 bits per heavy atom. The summed E-state index contributed by atoms with van der Waals surface area (Å²) in [7, 11) is 0. The number of amides is 1. The van der Waals surface area contributed by atoms with Crippen molar-refractivity contribution in [3.05, 3.63) is 95.7 Å². The van der Waals surface area contributed by atoms with Crippen LogP contribution in [-0.2, 0) is 4.79 Å².